The van der Waals surface area contributed by atoms with Crippen LogP contribution in [-0.4, -0.2) is 35.0 Å². The highest BCUT2D eigenvalue weighted by Crippen LogP contribution is 2.47. The number of halogens is 2. The van der Waals surface area contributed by atoms with Crippen LogP contribution in [0, 0.1) is 17.1 Å². The number of likely N-dealkylation sites (N-methyl/N-ethyl adjacent to an activating group) is 1. The number of hydrogen-bond acceptors (Lipinski definition) is 5. The fraction of sp³-hybridized carbons (Fsp3) is 0.250. The maximum Gasteiger partial charge on any atom is 0.261 e. The van der Waals surface area contributed by atoms with E-state index in [0.717, 1.165) is 5.56 Å². The SMILES string of the molecule is C=CC(=CC1=C(C)OC(C)(Cc2cccc(C#N)c2)CC12N=C(N)N(C)C2=O)c1cc(F)cc(Cl)c1. The molecule has 184 valence electrons. The molecule has 2 aromatic rings. The van der Waals surface area contributed by atoms with Crippen molar-refractivity contribution in [2.75, 3.05) is 7.05 Å². The first-order valence-corrected chi connectivity index (χ1v) is 11.7. The number of amides is 1. The summed E-state index contributed by atoms with van der Waals surface area (Å²) in [6, 6.07) is 13.6. The zero-order valence-corrected chi connectivity index (χ0v) is 21.1. The molecule has 0 aliphatic carbocycles. The van der Waals surface area contributed by atoms with Crippen molar-refractivity contribution < 1.29 is 13.9 Å². The van der Waals surface area contributed by atoms with Crippen molar-refractivity contribution in [1.82, 2.24) is 4.90 Å². The van der Waals surface area contributed by atoms with Gasteiger partial charge in [0.25, 0.3) is 5.91 Å². The first-order valence-electron chi connectivity index (χ1n) is 11.3. The lowest BCUT2D eigenvalue weighted by molar-refractivity contribution is -0.133. The minimum atomic E-state index is -1.34. The van der Waals surface area contributed by atoms with E-state index < -0.39 is 17.0 Å². The number of carbonyl (C=O) groups excluding carboxylic acids is 1. The molecule has 36 heavy (non-hydrogen) atoms. The van der Waals surface area contributed by atoms with E-state index in [2.05, 4.69) is 17.6 Å². The smallest absolute Gasteiger partial charge is 0.261 e. The predicted molar refractivity (Wildman–Crippen MR) is 138 cm³/mol. The molecule has 2 N–H and O–H groups in total. The number of carbonyl (C=O) groups is 1. The third-order valence-corrected chi connectivity index (χ3v) is 6.73. The van der Waals surface area contributed by atoms with Crippen molar-refractivity contribution >= 4 is 29.0 Å². The molecule has 2 atom stereocenters. The molecule has 2 heterocycles. The lowest BCUT2D eigenvalue weighted by Gasteiger charge is -2.43. The highest BCUT2D eigenvalue weighted by atomic mass is 35.5. The summed E-state index contributed by atoms with van der Waals surface area (Å²) in [6.07, 6.45) is 3.95. The molecule has 0 saturated heterocycles. The number of nitriles is 1. The molecular weight excluding hydrogens is 479 g/mol. The summed E-state index contributed by atoms with van der Waals surface area (Å²) in [4.78, 5) is 19.7. The van der Waals surface area contributed by atoms with Crippen LogP contribution in [0.5, 0.6) is 0 Å². The first-order chi connectivity index (χ1) is 17.0. The van der Waals surface area contributed by atoms with Crippen molar-refractivity contribution in [1.29, 1.82) is 5.26 Å². The molecule has 1 amide bonds. The molecule has 0 fully saturated rings. The lowest BCUT2D eigenvalue weighted by atomic mass is 9.74. The fourth-order valence-electron chi connectivity index (χ4n) is 5.02. The summed E-state index contributed by atoms with van der Waals surface area (Å²) < 4.78 is 20.5. The topological polar surface area (TPSA) is 91.7 Å². The molecular formula is C28H26ClFN4O2. The van der Waals surface area contributed by atoms with E-state index in [0.29, 0.717) is 34.5 Å². The molecule has 2 aliphatic heterocycles. The number of ether oxygens (including phenoxy) is 1. The van der Waals surface area contributed by atoms with Crippen LogP contribution in [0.25, 0.3) is 5.57 Å². The maximum atomic E-state index is 14.1. The number of hydrogen-bond donors (Lipinski definition) is 1. The Labute approximate surface area is 214 Å². The van der Waals surface area contributed by atoms with Crippen molar-refractivity contribution in [2.45, 2.75) is 37.8 Å². The zero-order valence-electron chi connectivity index (χ0n) is 20.3. The molecule has 8 heteroatoms. The van der Waals surface area contributed by atoms with E-state index in [4.69, 9.17) is 22.1 Å². The van der Waals surface area contributed by atoms with Gasteiger partial charge in [0.1, 0.15) is 11.4 Å². The molecule has 2 aromatic carbocycles. The predicted octanol–water partition coefficient (Wildman–Crippen LogP) is 5.14. The first kappa shape index (κ1) is 25.2. The molecule has 2 unspecified atom stereocenters. The largest absolute Gasteiger partial charge is 0.491 e. The number of aliphatic imine (C=N–C) groups is 1. The second kappa shape index (κ2) is 9.29. The van der Waals surface area contributed by atoms with Gasteiger partial charge in [0, 0.05) is 30.5 Å². The zero-order chi connectivity index (χ0) is 26.3. The highest BCUT2D eigenvalue weighted by molar-refractivity contribution is 6.30. The number of benzene rings is 2. The van der Waals surface area contributed by atoms with Crippen LogP contribution in [0.1, 0.15) is 37.0 Å². The number of guanidine groups is 1. The fourth-order valence-corrected chi connectivity index (χ4v) is 5.24. The van der Waals surface area contributed by atoms with E-state index in [-0.39, 0.29) is 23.3 Å². The Hall–Kier alpha value is -3.89. The van der Waals surface area contributed by atoms with E-state index in [9.17, 15) is 14.4 Å². The van der Waals surface area contributed by atoms with Gasteiger partial charge in [-0.25, -0.2) is 9.38 Å². The van der Waals surface area contributed by atoms with Crippen molar-refractivity contribution in [3.05, 3.63) is 100 Å². The van der Waals surface area contributed by atoms with Gasteiger partial charge in [-0.3, -0.25) is 9.69 Å². The lowest BCUT2D eigenvalue weighted by Crippen LogP contribution is -2.52. The Kier molecular flexibility index (Phi) is 6.50. The molecule has 0 radical (unpaired) electrons. The van der Waals surface area contributed by atoms with Gasteiger partial charge in [-0.05, 0) is 67.0 Å². The molecule has 4 rings (SSSR count). The van der Waals surface area contributed by atoms with E-state index in [1.54, 1.807) is 44.3 Å². The Morgan fingerprint density at radius 3 is 2.75 bits per heavy atom. The normalized spacial score (nSPS) is 24.0. The Morgan fingerprint density at radius 1 is 1.39 bits per heavy atom. The van der Waals surface area contributed by atoms with Gasteiger partial charge in [-0.15, -0.1) is 0 Å². The minimum Gasteiger partial charge on any atom is -0.491 e. The Bertz CT molecular complexity index is 1390. The average molecular weight is 505 g/mol. The van der Waals surface area contributed by atoms with E-state index in [1.165, 1.54) is 17.0 Å². The van der Waals surface area contributed by atoms with Gasteiger partial charge in [0.2, 0.25) is 0 Å². The minimum absolute atomic E-state index is 0.100. The van der Waals surface area contributed by atoms with Crippen LogP contribution >= 0.6 is 11.6 Å². The highest BCUT2D eigenvalue weighted by Gasteiger charge is 2.56. The molecule has 0 aromatic heterocycles. The van der Waals surface area contributed by atoms with Gasteiger partial charge >= 0.3 is 0 Å². The summed E-state index contributed by atoms with van der Waals surface area (Å²) in [6.45, 7) is 7.56. The summed E-state index contributed by atoms with van der Waals surface area (Å²) in [5.41, 5.74) is 6.97. The second-order valence-electron chi connectivity index (χ2n) is 9.34. The van der Waals surface area contributed by atoms with Crippen LogP contribution in [0.4, 0.5) is 4.39 Å². The molecule has 2 aliphatic rings. The summed E-state index contributed by atoms with van der Waals surface area (Å²) in [5, 5.41) is 9.53. The van der Waals surface area contributed by atoms with Crippen molar-refractivity contribution in [3.8, 4) is 6.07 Å². The molecule has 6 nitrogen and oxygen atoms in total. The Morgan fingerprint density at radius 2 is 2.14 bits per heavy atom. The van der Waals surface area contributed by atoms with Crippen LogP contribution in [0.2, 0.25) is 5.02 Å². The summed E-state index contributed by atoms with van der Waals surface area (Å²) in [5.74, 6) is -0.186. The van der Waals surface area contributed by atoms with Gasteiger partial charge in [-0.2, -0.15) is 5.26 Å². The summed E-state index contributed by atoms with van der Waals surface area (Å²) >= 11 is 6.08. The quantitative estimate of drug-likeness (QED) is 0.570. The van der Waals surface area contributed by atoms with Crippen LogP contribution in [0.15, 0.2) is 77.5 Å². The van der Waals surface area contributed by atoms with Gasteiger partial charge in [-0.1, -0.05) is 36.4 Å². The van der Waals surface area contributed by atoms with E-state index in [1.807, 2.05) is 19.1 Å². The third-order valence-electron chi connectivity index (χ3n) is 6.51. The van der Waals surface area contributed by atoms with Crippen LogP contribution in [0.3, 0.4) is 0 Å². The average Bonchev–Trinajstić information content (AvgIpc) is 3.01. The molecule has 1 spiro atoms. The molecule has 0 bridgehead atoms. The number of nitrogens with two attached hydrogens (primary N) is 1. The van der Waals surface area contributed by atoms with Crippen molar-refractivity contribution in [3.63, 3.8) is 0 Å². The maximum absolute atomic E-state index is 14.1. The standard InChI is InChI=1S/C28H26ClFN4O2/c1-5-20(21-10-22(29)13-23(30)11-21)12-24-17(2)36-27(3,14-18-7-6-8-19(9-18)15-31)16-28(24)25(35)34(4)26(32)33-28/h5-13H,1,14,16H2,2-4H3,(H2,32,33). The van der Waals surface area contributed by atoms with E-state index >= 15 is 0 Å². The van der Waals surface area contributed by atoms with Gasteiger partial charge < -0.3 is 10.5 Å². The number of rotatable bonds is 5. The monoisotopic (exact) mass is 504 g/mol. The summed E-state index contributed by atoms with van der Waals surface area (Å²) in [7, 11) is 1.58. The van der Waals surface area contributed by atoms with Crippen LogP contribution < -0.4 is 5.73 Å². The number of nitrogens with zero attached hydrogens (tertiary/aromatic N) is 3. The van der Waals surface area contributed by atoms with Gasteiger partial charge in [0.15, 0.2) is 11.5 Å². The third kappa shape index (κ3) is 4.52. The molecule has 0 saturated carbocycles. The van der Waals surface area contributed by atoms with Crippen LogP contribution in [-0.2, 0) is 16.0 Å². The number of allylic oxidation sites excluding steroid dienone is 3. The van der Waals surface area contributed by atoms with Gasteiger partial charge in [0.05, 0.1) is 17.4 Å². The Balaban J connectivity index is 1.85. The van der Waals surface area contributed by atoms with Crippen molar-refractivity contribution in [2.24, 2.45) is 10.7 Å². The second-order valence-corrected chi connectivity index (χ2v) is 9.78.